The van der Waals surface area contributed by atoms with Gasteiger partial charge in [-0.25, -0.2) is 4.79 Å². The average Bonchev–Trinajstić information content (AvgIpc) is 3.02. The first-order valence-corrected chi connectivity index (χ1v) is 25.6. The van der Waals surface area contributed by atoms with E-state index in [4.69, 9.17) is 27.2 Å². The fourth-order valence-electron chi connectivity index (χ4n) is 8.12. The van der Waals surface area contributed by atoms with Gasteiger partial charge in [0.25, 0.3) is 8.32 Å². The molecule has 7 nitrogen and oxygen atoms in total. The van der Waals surface area contributed by atoms with Gasteiger partial charge in [-0.05, 0) is 46.9 Å². The molecule has 0 N–H and O–H groups in total. The molecule has 0 saturated carbocycles. The zero-order valence-electron chi connectivity index (χ0n) is 34.8. The van der Waals surface area contributed by atoms with Gasteiger partial charge in [-0.2, -0.15) is 0 Å². The maximum atomic E-state index is 14.1. The summed E-state index contributed by atoms with van der Waals surface area (Å²) in [6.07, 6.45) is -0.310. The molecule has 0 bridgehead atoms. The van der Waals surface area contributed by atoms with Gasteiger partial charge in [0.2, 0.25) is 0 Å². The van der Waals surface area contributed by atoms with Crippen molar-refractivity contribution in [3.8, 4) is 0 Å². The Morgan fingerprint density at radius 3 is 1.79 bits per heavy atom. The van der Waals surface area contributed by atoms with Gasteiger partial charge in [0.1, 0.15) is 30.5 Å². The van der Waals surface area contributed by atoms with E-state index in [1.807, 2.05) is 25.1 Å². The summed E-state index contributed by atoms with van der Waals surface area (Å²) in [5.41, 5.74) is -0.983. The largest absolute Gasteiger partial charge is 0.455 e. The zero-order chi connectivity index (χ0) is 39.2. The number of hydrogen-bond donors (Lipinski definition) is 0. The van der Waals surface area contributed by atoms with Crippen LogP contribution in [0.15, 0.2) is 73.3 Å². The SMILES string of the molecule is C=CC[C@]1(C)O[C@@H]2CO[Si](C(C)(C)C)(C(C)(C)C)O[C@H]2[C@H](O[Si](c2ccccc2)(c2ccccc2)C(C)(C)C)[C@H]1OC(=O)CO[Si](C)(C)C(C)(C)C. The predicted molar refractivity (Wildman–Crippen MR) is 220 cm³/mol. The van der Waals surface area contributed by atoms with E-state index in [-0.39, 0.29) is 26.8 Å². The first kappa shape index (κ1) is 42.8. The third-order valence-corrected chi connectivity index (χ3v) is 26.3. The van der Waals surface area contributed by atoms with Crippen LogP contribution in [0.1, 0.15) is 96.4 Å². The highest BCUT2D eigenvalue weighted by Gasteiger charge is 2.68. The van der Waals surface area contributed by atoms with Gasteiger partial charge >= 0.3 is 14.5 Å². The Hall–Kier alpha value is -1.90. The van der Waals surface area contributed by atoms with Gasteiger partial charge in [0, 0.05) is 10.1 Å². The van der Waals surface area contributed by atoms with Crippen LogP contribution in [0.5, 0.6) is 0 Å². The highest BCUT2D eigenvalue weighted by Crippen LogP contribution is 2.56. The van der Waals surface area contributed by atoms with E-state index in [1.165, 1.54) is 0 Å². The van der Waals surface area contributed by atoms with Crippen LogP contribution >= 0.6 is 0 Å². The maximum Gasteiger partial charge on any atom is 0.349 e. The summed E-state index contributed by atoms with van der Waals surface area (Å²) < 4.78 is 42.6. The van der Waals surface area contributed by atoms with Crippen LogP contribution in [0, 0.1) is 0 Å². The van der Waals surface area contributed by atoms with Crippen molar-refractivity contribution in [1.29, 1.82) is 0 Å². The van der Waals surface area contributed by atoms with Crippen LogP contribution < -0.4 is 10.4 Å². The van der Waals surface area contributed by atoms with Gasteiger partial charge in [0.15, 0.2) is 14.4 Å². The van der Waals surface area contributed by atoms with Gasteiger partial charge in [-0.15, -0.1) is 6.58 Å². The lowest BCUT2D eigenvalue weighted by molar-refractivity contribution is -0.280. The number of carbonyl (C=O) groups excluding carboxylic acids is 1. The molecule has 2 saturated heterocycles. The molecule has 0 aliphatic carbocycles. The molecule has 5 atom stereocenters. The Bertz CT molecular complexity index is 1470. The van der Waals surface area contributed by atoms with Crippen molar-refractivity contribution < 1.29 is 32.0 Å². The molecule has 290 valence electrons. The van der Waals surface area contributed by atoms with Crippen molar-refractivity contribution in [1.82, 2.24) is 0 Å². The molecule has 0 spiro atoms. The minimum absolute atomic E-state index is 0.0649. The summed E-state index contributed by atoms with van der Waals surface area (Å²) in [6, 6.07) is 21.2. The Balaban J connectivity index is 1.98. The average molecular weight is 769 g/mol. The van der Waals surface area contributed by atoms with E-state index in [9.17, 15) is 4.79 Å². The van der Waals surface area contributed by atoms with E-state index >= 15 is 0 Å². The fourth-order valence-corrected chi connectivity index (χ4v) is 18.7. The van der Waals surface area contributed by atoms with Crippen LogP contribution in [0.25, 0.3) is 0 Å². The van der Waals surface area contributed by atoms with Crippen molar-refractivity contribution >= 4 is 41.5 Å². The lowest BCUT2D eigenvalue weighted by Gasteiger charge is -2.61. The summed E-state index contributed by atoms with van der Waals surface area (Å²) in [6.45, 7) is 37.2. The standard InChI is InChI=1S/C42H68O7Si3/c1-17-28-42(14)37(46-34(43)30-44-50(15,16)38(2,3)4)36(35-33(47-42)29-45-52(49-35,40(8,9)10)41(11,12)13)48-51(39(5,6)7,31-24-20-18-21-25-31)32-26-22-19-23-27-32/h17-27,33,35-37H,1,28-30H2,2-16H3/t33-,35-,36+,37-,42+/m1/s1. The van der Waals surface area contributed by atoms with Crippen LogP contribution in [0.4, 0.5) is 0 Å². The molecule has 0 unspecified atom stereocenters. The molecule has 2 aromatic carbocycles. The maximum absolute atomic E-state index is 14.1. The van der Waals surface area contributed by atoms with E-state index in [1.54, 1.807) is 0 Å². The number of hydrogen-bond acceptors (Lipinski definition) is 7. The van der Waals surface area contributed by atoms with Gasteiger partial charge in [-0.1, -0.05) is 150 Å². The molecular weight excluding hydrogens is 701 g/mol. The zero-order valence-corrected chi connectivity index (χ0v) is 37.8. The molecule has 0 amide bonds. The number of carbonyl (C=O) groups is 1. The normalized spacial score (nSPS) is 26.0. The smallest absolute Gasteiger partial charge is 0.349 e. The molecule has 4 rings (SSSR count). The summed E-state index contributed by atoms with van der Waals surface area (Å²) in [5, 5.41) is 1.29. The lowest BCUT2D eigenvalue weighted by atomic mass is 9.83. The number of esters is 1. The third-order valence-electron chi connectivity index (χ3n) is 11.6. The second-order valence-electron chi connectivity index (χ2n) is 19.7. The van der Waals surface area contributed by atoms with Crippen molar-refractivity contribution in [2.75, 3.05) is 13.2 Å². The van der Waals surface area contributed by atoms with Gasteiger partial charge in [-0.3, -0.25) is 0 Å². The minimum Gasteiger partial charge on any atom is -0.455 e. The molecule has 0 radical (unpaired) electrons. The number of rotatable bonds is 10. The number of ether oxygens (including phenoxy) is 2. The molecule has 10 heteroatoms. The first-order valence-electron chi connectivity index (χ1n) is 19.0. The second-order valence-corrected chi connectivity index (χ2v) is 33.5. The van der Waals surface area contributed by atoms with Crippen molar-refractivity contribution in [2.24, 2.45) is 0 Å². The van der Waals surface area contributed by atoms with Crippen LogP contribution in [-0.4, -0.2) is 74.4 Å². The molecule has 2 aliphatic rings. The number of benzene rings is 2. The highest BCUT2D eigenvalue weighted by atomic mass is 28.4. The summed E-state index contributed by atoms with van der Waals surface area (Å²) in [7, 11) is -8.49. The Labute approximate surface area is 318 Å². The summed E-state index contributed by atoms with van der Waals surface area (Å²) >= 11 is 0. The highest BCUT2D eigenvalue weighted by molar-refractivity contribution is 6.99. The quantitative estimate of drug-likeness (QED) is 0.136. The molecule has 2 fully saturated rings. The Morgan fingerprint density at radius 1 is 0.865 bits per heavy atom. The van der Waals surface area contributed by atoms with Gasteiger partial charge in [0.05, 0.1) is 6.61 Å². The second kappa shape index (κ2) is 15.0. The summed E-state index contributed by atoms with van der Waals surface area (Å²) in [5.74, 6) is -0.439. The van der Waals surface area contributed by atoms with E-state index in [0.29, 0.717) is 13.0 Å². The van der Waals surface area contributed by atoms with Crippen molar-refractivity contribution in [3.63, 3.8) is 0 Å². The predicted octanol–water partition coefficient (Wildman–Crippen LogP) is 9.06. The van der Waals surface area contributed by atoms with Crippen molar-refractivity contribution in [3.05, 3.63) is 73.3 Å². The van der Waals surface area contributed by atoms with E-state index in [0.717, 1.165) is 10.4 Å². The molecular formula is C42H68O7Si3. The third kappa shape index (κ3) is 8.05. The molecule has 0 aromatic heterocycles. The monoisotopic (exact) mass is 768 g/mol. The molecule has 2 aliphatic heterocycles. The Morgan fingerprint density at radius 2 is 1.37 bits per heavy atom. The molecule has 2 heterocycles. The van der Waals surface area contributed by atoms with E-state index < -0.39 is 61.2 Å². The van der Waals surface area contributed by atoms with Crippen LogP contribution in [-0.2, 0) is 32.0 Å². The van der Waals surface area contributed by atoms with Crippen LogP contribution in [0.3, 0.4) is 0 Å². The molecule has 2 aromatic rings. The topological polar surface area (TPSA) is 72.5 Å². The number of fused-ring (bicyclic) bond motifs is 1. The lowest BCUT2D eigenvalue weighted by Crippen LogP contribution is -2.77. The first-order chi connectivity index (χ1) is 23.8. The van der Waals surface area contributed by atoms with Crippen molar-refractivity contribution in [2.45, 2.75) is 160 Å². The van der Waals surface area contributed by atoms with Gasteiger partial charge < -0.3 is 27.2 Å². The Kier molecular flexibility index (Phi) is 12.3. The van der Waals surface area contributed by atoms with Crippen LogP contribution in [0.2, 0.25) is 33.2 Å². The summed E-state index contributed by atoms with van der Waals surface area (Å²) in [4.78, 5) is 14.1. The minimum atomic E-state index is -3.21. The molecule has 52 heavy (non-hydrogen) atoms. The fraction of sp³-hybridized carbons (Fsp3) is 0.643. The van der Waals surface area contributed by atoms with E-state index in [2.05, 4.69) is 151 Å².